The number of aromatic nitrogens is 1. The van der Waals surface area contributed by atoms with Crippen molar-refractivity contribution in [2.24, 2.45) is 0 Å². The molecule has 3 aromatic carbocycles. The van der Waals surface area contributed by atoms with Gasteiger partial charge in [0.1, 0.15) is 29.1 Å². The SMILES string of the molecule is Cc1onc(-c2ccc(-c3ccc(CC(=O)O)cc3)cc2)c1NC(=O)OC(C)c1c(F)cccc1F. The highest BCUT2D eigenvalue weighted by atomic mass is 19.1. The van der Waals surface area contributed by atoms with Crippen molar-refractivity contribution >= 4 is 17.7 Å². The maximum Gasteiger partial charge on any atom is 0.412 e. The van der Waals surface area contributed by atoms with Crippen LogP contribution in [0, 0.1) is 18.6 Å². The molecule has 1 aromatic heterocycles. The molecule has 0 aliphatic heterocycles. The summed E-state index contributed by atoms with van der Waals surface area (Å²) in [5.41, 5.74) is 3.45. The molecule has 1 unspecified atom stereocenters. The molecule has 0 fully saturated rings. The van der Waals surface area contributed by atoms with Gasteiger partial charge in [-0.2, -0.15) is 0 Å². The van der Waals surface area contributed by atoms with Crippen LogP contribution in [-0.2, 0) is 16.0 Å². The van der Waals surface area contributed by atoms with Crippen molar-refractivity contribution in [2.45, 2.75) is 26.4 Å². The summed E-state index contributed by atoms with van der Waals surface area (Å²) < 4.78 is 38.4. The first kappa shape index (κ1) is 24.6. The van der Waals surface area contributed by atoms with Gasteiger partial charge < -0.3 is 14.4 Å². The van der Waals surface area contributed by atoms with E-state index in [1.165, 1.54) is 13.0 Å². The first-order valence-corrected chi connectivity index (χ1v) is 11.0. The fraction of sp³-hybridized carbons (Fsp3) is 0.148. The first-order valence-electron chi connectivity index (χ1n) is 11.0. The number of hydrogen-bond acceptors (Lipinski definition) is 5. The third-order valence-corrected chi connectivity index (χ3v) is 5.58. The van der Waals surface area contributed by atoms with Crippen LogP contribution in [0.3, 0.4) is 0 Å². The monoisotopic (exact) mass is 492 g/mol. The molecule has 9 heteroatoms. The topological polar surface area (TPSA) is 102 Å². The number of amides is 1. The van der Waals surface area contributed by atoms with Crippen molar-refractivity contribution in [1.82, 2.24) is 5.16 Å². The van der Waals surface area contributed by atoms with Crippen LogP contribution in [0.4, 0.5) is 19.3 Å². The molecule has 0 aliphatic rings. The Balaban J connectivity index is 1.49. The number of nitrogens with one attached hydrogen (secondary N) is 1. The summed E-state index contributed by atoms with van der Waals surface area (Å²) in [4.78, 5) is 23.4. The molecule has 0 saturated heterocycles. The van der Waals surface area contributed by atoms with Gasteiger partial charge in [-0.25, -0.2) is 13.6 Å². The summed E-state index contributed by atoms with van der Waals surface area (Å²) in [5.74, 6) is -2.19. The number of carbonyl (C=O) groups is 2. The Morgan fingerprint density at radius 1 is 0.972 bits per heavy atom. The number of hydrogen-bond donors (Lipinski definition) is 2. The molecule has 2 N–H and O–H groups in total. The molecule has 0 aliphatic carbocycles. The fourth-order valence-corrected chi connectivity index (χ4v) is 3.78. The van der Waals surface area contributed by atoms with Gasteiger partial charge in [0.15, 0.2) is 5.76 Å². The van der Waals surface area contributed by atoms with Crippen molar-refractivity contribution in [3.8, 4) is 22.4 Å². The Morgan fingerprint density at radius 2 is 1.53 bits per heavy atom. The second-order valence-corrected chi connectivity index (χ2v) is 8.12. The predicted octanol–water partition coefficient (Wildman–Crippen LogP) is 6.53. The normalized spacial score (nSPS) is 11.7. The third-order valence-electron chi connectivity index (χ3n) is 5.58. The fourth-order valence-electron chi connectivity index (χ4n) is 3.78. The summed E-state index contributed by atoms with van der Waals surface area (Å²) in [7, 11) is 0. The van der Waals surface area contributed by atoms with E-state index >= 15 is 0 Å². The highest BCUT2D eigenvalue weighted by Gasteiger charge is 2.23. The van der Waals surface area contributed by atoms with E-state index in [0.29, 0.717) is 22.6 Å². The number of anilines is 1. The Bertz CT molecular complexity index is 1380. The van der Waals surface area contributed by atoms with Gasteiger partial charge in [-0.3, -0.25) is 10.1 Å². The Hall–Kier alpha value is -4.53. The zero-order valence-corrected chi connectivity index (χ0v) is 19.4. The number of carboxylic acid groups (broad SMARTS) is 1. The summed E-state index contributed by atoms with van der Waals surface area (Å²) in [6, 6.07) is 17.9. The number of benzene rings is 3. The van der Waals surface area contributed by atoms with E-state index in [-0.39, 0.29) is 17.7 Å². The number of ether oxygens (including phenoxy) is 1. The van der Waals surface area contributed by atoms with E-state index in [2.05, 4.69) is 10.5 Å². The number of halogens is 2. The largest absolute Gasteiger partial charge is 0.481 e. The maximum absolute atomic E-state index is 14.0. The van der Waals surface area contributed by atoms with Crippen molar-refractivity contribution in [3.63, 3.8) is 0 Å². The molecular formula is C27H22F2N2O5. The predicted molar refractivity (Wildman–Crippen MR) is 128 cm³/mol. The summed E-state index contributed by atoms with van der Waals surface area (Å²) in [6.45, 7) is 2.98. The Morgan fingerprint density at radius 3 is 2.11 bits per heavy atom. The third kappa shape index (κ3) is 5.41. The van der Waals surface area contributed by atoms with Gasteiger partial charge in [0.05, 0.1) is 12.0 Å². The molecular weight excluding hydrogens is 470 g/mol. The highest BCUT2D eigenvalue weighted by molar-refractivity contribution is 5.91. The number of nitrogens with zero attached hydrogens (tertiary/aromatic N) is 1. The minimum absolute atomic E-state index is 0.0447. The number of rotatable bonds is 7. The van der Waals surface area contributed by atoms with Crippen LogP contribution in [0.5, 0.6) is 0 Å². The zero-order chi connectivity index (χ0) is 25.8. The van der Waals surface area contributed by atoms with E-state index in [1.54, 1.807) is 31.2 Å². The molecule has 0 saturated carbocycles. The lowest BCUT2D eigenvalue weighted by molar-refractivity contribution is -0.136. The van der Waals surface area contributed by atoms with Crippen LogP contribution in [0.25, 0.3) is 22.4 Å². The van der Waals surface area contributed by atoms with Gasteiger partial charge >= 0.3 is 12.1 Å². The number of aliphatic carboxylic acids is 1. The van der Waals surface area contributed by atoms with E-state index in [9.17, 15) is 18.4 Å². The summed E-state index contributed by atoms with van der Waals surface area (Å²) in [5, 5.41) is 15.5. The highest BCUT2D eigenvalue weighted by Crippen LogP contribution is 2.32. The zero-order valence-electron chi connectivity index (χ0n) is 19.4. The van der Waals surface area contributed by atoms with Gasteiger partial charge in [0.2, 0.25) is 0 Å². The summed E-state index contributed by atoms with van der Waals surface area (Å²) >= 11 is 0. The lowest BCUT2D eigenvalue weighted by Gasteiger charge is -2.15. The summed E-state index contributed by atoms with van der Waals surface area (Å²) in [6.07, 6.45) is -2.14. The molecule has 0 bridgehead atoms. The molecule has 0 spiro atoms. The Labute approximate surface area is 205 Å². The quantitative estimate of drug-likeness (QED) is 0.304. The second kappa shape index (κ2) is 10.4. The average Bonchev–Trinajstić information content (AvgIpc) is 3.19. The van der Waals surface area contributed by atoms with Crippen LogP contribution in [0.1, 0.15) is 29.9 Å². The van der Waals surface area contributed by atoms with Crippen molar-refractivity contribution in [1.29, 1.82) is 0 Å². The van der Waals surface area contributed by atoms with Gasteiger partial charge in [0.25, 0.3) is 0 Å². The van der Waals surface area contributed by atoms with Crippen molar-refractivity contribution < 1.29 is 32.7 Å². The standard InChI is InChI=1S/C27H22F2N2O5/c1-15(24-21(28)4-3-5-22(24)29)35-27(34)30-25-16(2)36-31-26(25)20-12-10-19(11-13-20)18-8-6-17(7-9-18)14-23(32)33/h3-13,15H,14H2,1-2H3,(H,30,34)(H,32,33). The smallest absolute Gasteiger partial charge is 0.412 e. The van der Waals surface area contributed by atoms with E-state index in [0.717, 1.165) is 23.3 Å². The maximum atomic E-state index is 14.0. The molecule has 36 heavy (non-hydrogen) atoms. The van der Waals surface area contributed by atoms with Gasteiger partial charge in [-0.1, -0.05) is 59.8 Å². The van der Waals surface area contributed by atoms with Gasteiger partial charge in [0, 0.05) is 5.56 Å². The average molecular weight is 492 g/mol. The van der Waals surface area contributed by atoms with Crippen molar-refractivity contribution in [2.75, 3.05) is 5.32 Å². The Kier molecular flexibility index (Phi) is 7.10. The molecule has 184 valence electrons. The molecule has 7 nitrogen and oxygen atoms in total. The van der Waals surface area contributed by atoms with Gasteiger partial charge in [-0.15, -0.1) is 0 Å². The minimum atomic E-state index is -1.17. The van der Waals surface area contributed by atoms with Crippen LogP contribution in [-0.4, -0.2) is 22.3 Å². The van der Waals surface area contributed by atoms with E-state index < -0.39 is 29.8 Å². The second-order valence-electron chi connectivity index (χ2n) is 8.12. The van der Waals surface area contributed by atoms with Crippen molar-refractivity contribution in [3.05, 3.63) is 95.3 Å². The molecule has 1 amide bonds. The van der Waals surface area contributed by atoms with Gasteiger partial charge in [-0.05, 0) is 42.7 Å². The molecule has 4 rings (SSSR count). The molecule has 4 aromatic rings. The van der Waals surface area contributed by atoms with Crippen LogP contribution in [0.15, 0.2) is 71.3 Å². The number of aryl methyl sites for hydroxylation is 1. The van der Waals surface area contributed by atoms with E-state index in [1.807, 2.05) is 24.3 Å². The minimum Gasteiger partial charge on any atom is -0.481 e. The molecule has 1 atom stereocenters. The lowest BCUT2D eigenvalue weighted by atomic mass is 10.0. The first-order chi connectivity index (χ1) is 17.2. The lowest BCUT2D eigenvalue weighted by Crippen LogP contribution is -2.18. The number of carboxylic acids is 1. The molecule has 0 radical (unpaired) electrons. The number of carbonyl (C=O) groups excluding carboxylic acids is 1. The van der Waals surface area contributed by atoms with E-state index in [4.69, 9.17) is 14.4 Å². The van der Waals surface area contributed by atoms with Crippen LogP contribution in [0.2, 0.25) is 0 Å². The molecule has 1 heterocycles. The van der Waals surface area contributed by atoms with Crippen LogP contribution >= 0.6 is 0 Å². The van der Waals surface area contributed by atoms with Crippen LogP contribution < -0.4 is 5.32 Å².